The number of ketones is 1. The number of rotatable bonds is 15. The van der Waals surface area contributed by atoms with Gasteiger partial charge in [0.15, 0.2) is 5.78 Å². The van der Waals surface area contributed by atoms with Gasteiger partial charge in [0.25, 0.3) is 5.91 Å². The quantitative estimate of drug-likeness (QED) is 0.0166. The second kappa shape index (κ2) is 21.4. The fourth-order valence-electron chi connectivity index (χ4n) is 6.64. The van der Waals surface area contributed by atoms with Crippen LogP contribution in [0.15, 0.2) is 189 Å². The number of carbonyl (C=O) groups is 3. The molecule has 5 N–H and O–H groups in total. The SMILES string of the molecule is O=C(NC(=O)c1ccc2c(N=Nc3ccc(C=CC(=O)c4ccc(N=Nc5c(O)ccc6cc(CO/N=C/ONc7cccc(Cl)c7)ccc56)cc4)cc3)c(O)ccc2c1)Nc1cccc(Cl)c1. The molecule has 68 heavy (non-hydrogen) atoms. The van der Waals surface area contributed by atoms with Gasteiger partial charge in [0.05, 0.1) is 17.1 Å². The number of azo groups is 2. The Morgan fingerprint density at radius 2 is 1.19 bits per heavy atom. The number of phenolic OH excluding ortho intramolecular Hbond substituents is 2. The number of halogens is 2. The monoisotopic (exact) mass is 942 g/mol. The van der Waals surface area contributed by atoms with Crippen molar-refractivity contribution in [2.75, 3.05) is 10.8 Å². The highest BCUT2D eigenvalue weighted by Gasteiger charge is 2.14. The molecule has 3 amide bonds. The second-order valence-electron chi connectivity index (χ2n) is 14.7. The minimum absolute atomic E-state index is 0.0454. The summed E-state index contributed by atoms with van der Waals surface area (Å²) in [6, 6.07) is 43.0. The maximum Gasteiger partial charge on any atom is 0.326 e. The molecule has 8 aromatic carbocycles. The number of fused-ring (bicyclic) bond motifs is 2. The Hall–Kier alpha value is -8.92. The molecular weight excluding hydrogens is 908 g/mol. The van der Waals surface area contributed by atoms with Crippen LogP contribution in [0.5, 0.6) is 11.5 Å². The number of anilines is 2. The molecule has 0 aromatic heterocycles. The number of phenols is 2. The third kappa shape index (κ3) is 11.9. The number of amides is 3. The smallest absolute Gasteiger partial charge is 0.326 e. The van der Waals surface area contributed by atoms with Gasteiger partial charge in [-0.2, -0.15) is 10.2 Å². The van der Waals surface area contributed by atoms with Gasteiger partial charge >= 0.3 is 6.03 Å². The molecule has 0 aliphatic heterocycles. The van der Waals surface area contributed by atoms with Gasteiger partial charge in [0, 0.05) is 37.6 Å². The molecular formula is C51H36Cl2N8O7. The van der Waals surface area contributed by atoms with Crippen molar-refractivity contribution in [3.8, 4) is 11.5 Å². The third-order valence-electron chi connectivity index (χ3n) is 9.98. The highest BCUT2D eigenvalue weighted by molar-refractivity contribution is 6.31. The molecule has 15 nitrogen and oxygen atoms in total. The van der Waals surface area contributed by atoms with E-state index in [0.717, 1.165) is 22.9 Å². The topological polar surface area (TPSA) is 208 Å². The molecule has 0 fully saturated rings. The van der Waals surface area contributed by atoms with Gasteiger partial charge < -0.3 is 25.2 Å². The van der Waals surface area contributed by atoms with Gasteiger partial charge in [-0.25, -0.2) is 10.3 Å². The Morgan fingerprint density at radius 1 is 0.603 bits per heavy atom. The number of hydrogen-bond donors (Lipinski definition) is 5. The molecule has 336 valence electrons. The lowest BCUT2D eigenvalue weighted by Gasteiger charge is -2.09. The Bertz CT molecular complexity index is 3310. The number of imide groups is 1. The van der Waals surface area contributed by atoms with Crippen molar-refractivity contribution in [1.82, 2.24) is 5.32 Å². The summed E-state index contributed by atoms with van der Waals surface area (Å²) in [6.07, 6.45) is 4.25. The summed E-state index contributed by atoms with van der Waals surface area (Å²) in [5, 5.41) is 50.7. The van der Waals surface area contributed by atoms with Crippen molar-refractivity contribution in [2.24, 2.45) is 25.6 Å². The van der Waals surface area contributed by atoms with Crippen LogP contribution in [-0.4, -0.2) is 34.3 Å². The molecule has 0 unspecified atom stereocenters. The number of allylic oxidation sites excluding steroid dienone is 1. The molecule has 0 spiro atoms. The van der Waals surface area contributed by atoms with Crippen molar-refractivity contribution < 1.29 is 34.3 Å². The van der Waals surface area contributed by atoms with Gasteiger partial charge in [0.2, 0.25) is 6.40 Å². The largest absolute Gasteiger partial charge is 0.506 e. The van der Waals surface area contributed by atoms with E-state index in [9.17, 15) is 24.6 Å². The molecule has 0 saturated heterocycles. The third-order valence-corrected chi connectivity index (χ3v) is 10.5. The minimum Gasteiger partial charge on any atom is -0.506 e. The van der Waals surface area contributed by atoms with Crippen molar-refractivity contribution in [3.05, 3.63) is 196 Å². The fourth-order valence-corrected chi connectivity index (χ4v) is 7.02. The van der Waals surface area contributed by atoms with Crippen LogP contribution in [0.2, 0.25) is 10.0 Å². The normalized spacial score (nSPS) is 11.5. The molecule has 0 radical (unpaired) electrons. The molecule has 0 aliphatic carbocycles. The van der Waals surface area contributed by atoms with Crippen LogP contribution in [0.1, 0.15) is 31.8 Å². The Morgan fingerprint density at radius 3 is 1.85 bits per heavy atom. The number of nitrogens with one attached hydrogen (secondary N) is 3. The lowest BCUT2D eigenvalue weighted by Crippen LogP contribution is -2.34. The average molecular weight is 944 g/mol. The fraction of sp³-hybridized carbons (Fsp3) is 0.0196. The van der Waals surface area contributed by atoms with E-state index in [-0.39, 0.29) is 40.8 Å². The van der Waals surface area contributed by atoms with Gasteiger partial charge in [-0.3, -0.25) is 14.9 Å². The number of nitrogens with zero attached hydrogens (tertiary/aromatic N) is 5. The van der Waals surface area contributed by atoms with Crippen LogP contribution in [0, 0.1) is 0 Å². The number of hydrogen-bond acceptors (Lipinski definition) is 13. The Balaban J connectivity index is 0.839. The molecule has 0 aliphatic rings. The van der Waals surface area contributed by atoms with Gasteiger partial charge in [-0.15, -0.1) is 10.2 Å². The maximum atomic E-state index is 13.0. The first-order valence-electron chi connectivity index (χ1n) is 20.5. The molecule has 0 heterocycles. The van der Waals surface area contributed by atoms with E-state index in [4.69, 9.17) is 32.9 Å². The predicted octanol–water partition coefficient (Wildman–Crippen LogP) is 13.9. The van der Waals surface area contributed by atoms with Crippen LogP contribution in [0.3, 0.4) is 0 Å². The first kappa shape index (κ1) is 45.6. The average Bonchev–Trinajstić information content (AvgIpc) is 3.34. The summed E-state index contributed by atoms with van der Waals surface area (Å²) in [6.45, 7) is 0.165. The second-order valence-corrected chi connectivity index (χ2v) is 15.6. The standard InChI is InChI=1S/C51H36Cl2N8O7/c52-37-3-1-5-41(27-37)55-51(66)56-50(65)36-13-21-44-35(26-36)15-24-47(64)49(44)60-57-39-16-7-31(8-17-39)10-22-45(62)33-11-18-40(19-12-33)58-59-48-43-20-9-32(25-34(43)14-23-46(48)63)29-67-54-30-68-61-42-6-2-4-38(53)28-42/h1-28,30,61,63-64H,29H2,(H2,55,56,65,66)/b22-10?,54-30+,59-58?,60-57?. The lowest BCUT2D eigenvalue weighted by molar-refractivity contribution is 0.0966. The van der Waals surface area contributed by atoms with Crippen molar-refractivity contribution in [2.45, 2.75) is 6.61 Å². The maximum absolute atomic E-state index is 13.0. The predicted molar refractivity (Wildman–Crippen MR) is 263 cm³/mol. The zero-order valence-electron chi connectivity index (χ0n) is 35.4. The van der Waals surface area contributed by atoms with E-state index in [1.54, 1.807) is 127 Å². The van der Waals surface area contributed by atoms with Crippen LogP contribution in [0.25, 0.3) is 27.6 Å². The lowest BCUT2D eigenvalue weighted by atomic mass is 10.0. The number of aromatic hydroxyl groups is 2. The minimum atomic E-state index is -0.724. The summed E-state index contributed by atoms with van der Waals surface area (Å²) < 4.78 is 0. The molecule has 0 atom stereocenters. The summed E-state index contributed by atoms with van der Waals surface area (Å²) in [5.74, 6) is -1.02. The van der Waals surface area contributed by atoms with Crippen LogP contribution < -0.4 is 16.1 Å². The van der Waals surface area contributed by atoms with Crippen LogP contribution >= 0.6 is 23.2 Å². The summed E-state index contributed by atoms with van der Waals surface area (Å²) in [5.41, 5.74) is 7.41. The highest BCUT2D eigenvalue weighted by atomic mass is 35.5. The zero-order valence-corrected chi connectivity index (χ0v) is 36.9. The molecule has 17 heteroatoms. The van der Waals surface area contributed by atoms with Gasteiger partial charge in [-0.05, 0) is 131 Å². The van der Waals surface area contributed by atoms with E-state index in [2.05, 4.69) is 41.7 Å². The first-order valence-corrected chi connectivity index (χ1v) is 21.3. The number of urea groups is 1. The van der Waals surface area contributed by atoms with E-state index in [0.29, 0.717) is 54.5 Å². The number of carbonyl (C=O) groups excluding carboxylic acids is 3. The number of benzene rings is 8. The highest BCUT2D eigenvalue weighted by Crippen LogP contribution is 2.38. The Labute approximate surface area is 397 Å². The molecule has 8 rings (SSSR count). The first-order chi connectivity index (χ1) is 33.0. The molecule has 0 bridgehead atoms. The summed E-state index contributed by atoms with van der Waals surface area (Å²) in [7, 11) is 0. The van der Waals surface area contributed by atoms with E-state index >= 15 is 0 Å². The Kier molecular flexibility index (Phi) is 14.3. The van der Waals surface area contributed by atoms with Gasteiger partial charge in [-0.1, -0.05) is 89.0 Å². The number of oxime groups is 1. The van der Waals surface area contributed by atoms with Crippen molar-refractivity contribution in [3.63, 3.8) is 0 Å². The molecule has 8 aromatic rings. The zero-order chi connectivity index (χ0) is 47.4. The van der Waals surface area contributed by atoms with Crippen molar-refractivity contribution >= 4 is 109 Å². The van der Waals surface area contributed by atoms with Crippen molar-refractivity contribution in [1.29, 1.82) is 0 Å². The summed E-state index contributed by atoms with van der Waals surface area (Å²) >= 11 is 11.9. The van der Waals surface area contributed by atoms with Gasteiger partial charge in [0.1, 0.15) is 29.5 Å². The van der Waals surface area contributed by atoms with E-state index < -0.39 is 11.9 Å². The van der Waals surface area contributed by atoms with E-state index in [1.165, 1.54) is 24.3 Å². The van der Waals surface area contributed by atoms with E-state index in [1.807, 2.05) is 18.2 Å². The van der Waals surface area contributed by atoms with Crippen LogP contribution in [0.4, 0.5) is 38.9 Å². The molecule has 0 saturated carbocycles. The summed E-state index contributed by atoms with van der Waals surface area (Å²) in [4.78, 5) is 48.8. The van der Waals surface area contributed by atoms with Crippen LogP contribution in [-0.2, 0) is 16.3 Å².